The zero-order chi connectivity index (χ0) is 18.9. The Labute approximate surface area is 153 Å². The standard InChI is InChI=1S/C20H26N2O4/c1-19(2)13-8-9-20(19,3)16(12-13)22-26-11-10-21-17(23)14-6-4-5-7-15(14)18(24)25/h4-7,13H,8-12H2,1-3H3,(H,21,23)(H,24,25)/b22-16+/t13-,20+/m0/s1. The van der Waals surface area contributed by atoms with Gasteiger partial charge in [0.05, 0.1) is 23.4 Å². The monoisotopic (exact) mass is 358 g/mol. The molecule has 2 N–H and O–H groups in total. The number of amides is 1. The van der Waals surface area contributed by atoms with Crippen molar-refractivity contribution in [2.24, 2.45) is 21.9 Å². The molecule has 2 aliphatic carbocycles. The summed E-state index contributed by atoms with van der Waals surface area (Å²) < 4.78 is 0. The number of carbonyl (C=O) groups is 2. The van der Waals surface area contributed by atoms with Gasteiger partial charge in [-0.25, -0.2) is 4.79 Å². The molecular weight excluding hydrogens is 332 g/mol. The summed E-state index contributed by atoms with van der Waals surface area (Å²) in [4.78, 5) is 28.8. The van der Waals surface area contributed by atoms with E-state index >= 15 is 0 Å². The van der Waals surface area contributed by atoms with Gasteiger partial charge in [-0.05, 0) is 42.7 Å². The van der Waals surface area contributed by atoms with E-state index in [9.17, 15) is 9.59 Å². The highest BCUT2D eigenvalue weighted by Crippen LogP contribution is 2.63. The molecule has 0 aliphatic heterocycles. The van der Waals surface area contributed by atoms with Gasteiger partial charge in [0.15, 0.2) is 0 Å². The lowest BCUT2D eigenvalue weighted by Crippen LogP contribution is -2.33. The van der Waals surface area contributed by atoms with Crippen molar-refractivity contribution in [1.82, 2.24) is 5.32 Å². The predicted octanol–water partition coefficient (Wildman–Crippen LogP) is 3.33. The minimum atomic E-state index is -1.12. The van der Waals surface area contributed by atoms with Gasteiger partial charge >= 0.3 is 5.97 Å². The molecule has 2 fully saturated rings. The first kappa shape index (κ1) is 18.4. The molecule has 0 heterocycles. The zero-order valence-electron chi connectivity index (χ0n) is 15.5. The number of carboxylic acids is 1. The van der Waals surface area contributed by atoms with Crippen molar-refractivity contribution in [2.45, 2.75) is 40.0 Å². The molecule has 2 aliphatic rings. The van der Waals surface area contributed by atoms with Gasteiger partial charge in [-0.3, -0.25) is 4.79 Å². The second-order valence-corrected chi connectivity index (χ2v) is 7.97. The Morgan fingerprint density at radius 2 is 1.96 bits per heavy atom. The summed E-state index contributed by atoms with van der Waals surface area (Å²) in [5, 5.41) is 16.2. The maximum absolute atomic E-state index is 12.2. The van der Waals surface area contributed by atoms with Crippen molar-refractivity contribution < 1.29 is 19.5 Å². The SMILES string of the molecule is CC1(C)[C@H]2CC[C@]1(C)/C(=N/OCCNC(=O)c1ccccc1C(=O)O)C2. The van der Waals surface area contributed by atoms with E-state index in [1.54, 1.807) is 12.1 Å². The van der Waals surface area contributed by atoms with Crippen LogP contribution in [-0.2, 0) is 4.84 Å². The van der Waals surface area contributed by atoms with Gasteiger partial charge < -0.3 is 15.3 Å². The molecule has 6 nitrogen and oxygen atoms in total. The number of rotatable bonds is 6. The van der Waals surface area contributed by atoms with Crippen LogP contribution in [0.4, 0.5) is 0 Å². The number of fused-ring (bicyclic) bond motifs is 2. The maximum atomic E-state index is 12.2. The molecule has 0 aromatic heterocycles. The van der Waals surface area contributed by atoms with Crippen molar-refractivity contribution in [3.63, 3.8) is 0 Å². The van der Waals surface area contributed by atoms with Crippen molar-refractivity contribution in [1.29, 1.82) is 0 Å². The van der Waals surface area contributed by atoms with Crippen LogP contribution in [0.5, 0.6) is 0 Å². The van der Waals surface area contributed by atoms with Crippen LogP contribution < -0.4 is 5.32 Å². The predicted molar refractivity (Wildman–Crippen MR) is 98.4 cm³/mol. The summed E-state index contributed by atoms with van der Waals surface area (Å²) in [6.07, 6.45) is 3.39. The Morgan fingerprint density at radius 1 is 1.27 bits per heavy atom. The second kappa shape index (κ2) is 6.74. The Kier molecular flexibility index (Phi) is 4.78. The normalized spacial score (nSPS) is 27.5. The molecule has 2 saturated carbocycles. The number of nitrogens with one attached hydrogen (secondary N) is 1. The third kappa shape index (κ3) is 2.97. The molecular formula is C20H26N2O4. The summed E-state index contributed by atoms with van der Waals surface area (Å²) in [6, 6.07) is 6.15. The fourth-order valence-electron chi connectivity index (χ4n) is 4.36. The van der Waals surface area contributed by atoms with Crippen LogP contribution in [0.15, 0.2) is 29.4 Å². The first-order valence-electron chi connectivity index (χ1n) is 9.07. The first-order chi connectivity index (χ1) is 12.3. The minimum absolute atomic E-state index is 0.0108. The molecule has 1 aromatic carbocycles. The van der Waals surface area contributed by atoms with E-state index in [0.717, 1.165) is 18.6 Å². The van der Waals surface area contributed by atoms with E-state index in [1.807, 2.05) is 0 Å². The van der Waals surface area contributed by atoms with Gasteiger partial charge in [-0.15, -0.1) is 0 Å². The zero-order valence-corrected chi connectivity index (χ0v) is 15.5. The van der Waals surface area contributed by atoms with E-state index in [4.69, 9.17) is 9.94 Å². The number of aromatic carboxylic acids is 1. The molecule has 2 atom stereocenters. The van der Waals surface area contributed by atoms with Crippen LogP contribution in [0.25, 0.3) is 0 Å². The number of hydrogen-bond acceptors (Lipinski definition) is 4. The van der Waals surface area contributed by atoms with Crippen LogP contribution in [0.1, 0.15) is 60.7 Å². The number of carbonyl (C=O) groups excluding carboxylic acids is 1. The average Bonchev–Trinajstić information content (AvgIpc) is 2.94. The van der Waals surface area contributed by atoms with E-state index in [-0.39, 0.29) is 35.1 Å². The van der Waals surface area contributed by atoms with Gasteiger partial charge in [-0.2, -0.15) is 0 Å². The molecule has 3 rings (SSSR count). The molecule has 0 radical (unpaired) electrons. The fourth-order valence-corrected chi connectivity index (χ4v) is 4.36. The van der Waals surface area contributed by atoms with Crippen molar-refractivity contribution in [3.8, 4) is 0 Å². The molecule has 1 amide bonds. The Morgan fingerprint density at radius 3 is 2.54 bits per heavy atom. The fraction of sp³-hybridized carbons (Fsp3) is 0.550. The highest BCUT2D eigenvalue weighted by atomic mass is 16.6. The number of benzene rings is 1. The molecule has 2 bridgehead atoms. The summed E-state index contributed by atoms with van der Waals surface area (Å²) in [5.74, 6) is -0.875. The Bertz CT molecular complexity index is 756. The number of carboxylic acid groups (broad SMARTS) is 1. The van der Waals surface area contributed by atoms with Crippen molar-refractivity contribution in [2.75, 3.05) is 13.2 Å². The number of hydrogen-bond donors (Lipinski definition) is 2. The van der Waals surface area contributed by atoms with Gasteiger partial charge in [0.25, 0.3) is 5.91 Å². The summed E-state index contributed by atoms with van der Waals surface area (Å²) in [5.41, 5.74) is 1.61. The summed E-state index contributed by atoms with van der Waals surface area (Å²) >= 11 is 0. The summed E-state index contributed by atoms with van der Waals surface area (Å²) in [6.45, 7) is 7.42. The highest BCUT2D eigenvalue weighted by molar-refractivity contribution is 6.04. The lowest BCUT2D eigenvalue weighted by Gasteiger charge is -2.34. The number of nitrogens with zero attached hydrogens (tertiary/aromatic N) is 1. The molecule has 0 unspecified atom stereocenters. The van der Waals surface area contributed by atoms with Gasteiger partial charge in [0.1, 0.15) is 6.61 Å². The van der Waals surface area contributed by atoms with Crippen LogP contribution >= 0.6 is 0 Å². The van der Waals surface area contributed by atoms with Crippen LogP contribution in [-0.4, -0.2) is 35.8 Å². The van der Waals surface area contributed by atoms with Crippen LogP contribution in [0.2, 0.25) is 0 Å². The second-order valence-electron chi connectivity index (χ2n) is 7.97. The van der Waals surface area contributed by atoms with Crippen molar-refractivity contribution in [3.05, 3.63) is 35.4 Å². The minimum Gasteiger partial charge on any atom is -0.478 e. The molecule has 6 heteroatoms. The lowest BCUT2D eigenvalue weighted by molar-refractivity contribution is 0.0690. The molecule has 1 aromatic rings. The van der Waals surface area contributed by atoms with E-state index < -0.39 is 11.9 Å². The smallest absolute Gasteiger partial charge is 0.336 e. The first-order valence-corrected chi connectivity index (χ1v) is 9.07. The number of oxime groups is 1. The summed E-state index contributed by atoms with van der Waals surface area (Å²) in [7, 11) is 0. The third-order valence-corrected chi connectivity index (χ3v) is 6.57. The van der Waals surface area contributed by atoms with E-state index in [1.165, 1.54) is 18.6 Å². The largest absolute Gasteiger partial charge is 0.478 e. The van der Waals surface area contributed by atoms with E-state index in [2.05, 4.69) is 31.2 Å². The Hall–Kier alpha value is -2.37. The maximum Gasteiger partial charge on any atom is 0.336 e. The molecule has 140 valence electrons. The average molecular weight is 358 g/mol. The van der Waals surface area contributed by atoms with Gasteiger partial charge in [0.2, 0.25) is 0 Å². The van der Waals surface area contributed by atoms with E-state index in [0.29, 0.717) is 5.92 Å². The molecule has 26 heavy (non-hydrogen) atoms. The van der Waals surface area contributed by atoms with Crippen molar-refractivity contribution >= 4 is 17.6 Å². The quantitative estimate of drug-likeness (QED) is 0.603. The van der Waals surface area contributed by atoms with Gasteiger partial charge in [0, 0.05) is 5.41 Å². The lowest BCUT2D eigenvalue weighted by atomic mass is 9.70. The molecule has 0 spiro atoms. The third-order valence-electron chi connectivity index (χ3n) is 6.57. The van der Waals surface area contributed by atoms with Crippen LogP contribution in [0.3, 0.4) is 0 Å². The highest BCUT2D eigenvalue weighted by Gasteiger charge is 2.60. The Balaban J connectivity index is 1.51. The van der Waals surface area contributed by atoms with Crippen LogP contribution in [0, 0.1) is 16.7 Å². The topological polar surface area (TPSA) is 88.0 Å². The van der Waals surface area contributed by atoms with Gasteiger partial charge in [-0.1, -0.05) is 38.1 Å². The molecule has 0 saturated heterocycles.